The highest BCUT2D eigenvalue weighted by atomic mass is 16.5. The van der Waals surface area contributed by atoms with Crippen LogP contribution in [0.4, 0.5) is 0 Å². The Hall–Kier alpha value is -1.26. The number of methoxy groups -OCH3 is 2. The summed E-state index contributed by atoms with van der Waals surface area (Å²) in [5.74, 6) is 1.55. The van der Waals surface area contributed by atoms with Crippen molar-refractivity contribution in [1.29, 1.82) is 0 Å². The average Bonchev–Trinajstić information content (AvgIpc) is 2.43. The van der Waals surface area contributed by atoms with Crippen LogP contribution in [0, 0.1) is 0 Å². The van der Waals surface area contributed by atoms with E-state index in [0.29, 0.717) is 6.61 Å². The van der Waals surface area contributed by atoms with Crippen LogP contribution in [0.5, 0.6) is 11.5 Å². The molecule has 0 amide bonds. The van der Waals surface area contributed by atoms with E-state index in [1.165, 1.54) is 5.56 Å². The topological polar surface area (TPSA) is 39.7 Å². The molecule has 0 aromatic heterocycles. The number of rotatable bonds is 8. The minimum atomic E-state index is 0.0943. The van der Waals surface area contributed by atoms with E-state index in [0.717, 1.165) is 24.5 Å². The quantitative estimate of drug-likeness (QED) is 0.798. The zero-order valence-electron chi connectivity index (χ0n) is 14.2. The first-order valence-corrected chi connectivity index (χ1v) is 7.43. The van der Waals surface area contributed by atoms with Gasteiger partial charge in [-0.15, -0.1) is 0 Å². The lowest BCUT2D eigenvalue weighted by molar-refractivity contribution is 0.132. The standard InChI is InChI=1S/C17H29NO3/c1-13(9-10-19-5)21-15-8-7-14(11-16(15)20-6)12-18-17(2,3)4/h7-8,11,13,18H,9-10,12H2,1-6H3. The van der Waals surface area contributed by atoms with E-state index in [9.17, 15) is 0 Å². The molecule has 0 fully saturated rings. The first-order chi connectivity index (χ1) is 9.85. The molecule has 1 aromatic rings. The van der Waals surface area contributed by atoms with Crippen molar-refractivity contribution in [3.8, 4) is 11.5 Å². The van der Waals surface area contributed by atoms with E-state index in [4.69, 9.17) is 14.2 Å². The van der Waals surface area contributed by atoms with Crippen molar-refractivity contribution in [3.05, 3.63) is 23.8 Å². The summed E-state index contributed by atoms with van der Waals surface area (Å²) < 4.78 is 16.4. The van der Waals surface area contributed by atoms with Gasteiger partial charge in [-0.3, -0.25) is 0 Å². The lowest BCUT2D eigenvalue weighted by atomic mass is 10.1. The Bertz CT molecular complexity index is 427. The van der Waals surface area contributed by atoms with Crippen molar-refractivity contribution in [2.24, 2.45) is 0 Å². The van der Waals surface area contributed by atoms with Gasteiger partial charge in [-0.05, 0) is 45.4 Å². The van der Waals surface area contributed by atoms with Gasteiger partial charge in [-0.2, -0.15) is 0 Å². The Morgan fingerprint density at radius 2 is 1.86 bits per heavy atom. The highest BCUT2D eigenvalue weighted by molar-refractivity contribution is 5.43. The van der Waals surface area contributed by atoms with E-state index in [1.54, 1.807) is 14.2 Å². The summed E-state index contributed by atoms with van der Waals surface area (Å²) in [6.07, 6.45) is 0.949. The van der Waals surface area contributed by atoms with Gasteiger partial charge in [0.25, 0.3) is 0 Å². The molecule has 4 nitrogen and oxygen atoms in total. The van der Waals surface area contributed by atoms with E-state index in [-0.39, 0.29) is 11.6 Å². The SMILES string of the molecule is COCCC(C)Oc1ccc(CNC(C)(C)C)cc1OC. The van der Waals surface area contributed by atoms with Crippen molar-refractivity contribution in [2.75, 3.05) is 20.8 Å². The Balaban J connectivity index is 2.70. The molecular formula is C17H29NO3. The number of hydrogen-bond acceptors (Lipinski definition) is 4. The lowest BCUT2D eigenvalue weighted by Crippen LogP contribution is -2.35. The highest BCUT2D eigenvalue weighted by Crippen LogP contribution is 2.29. The predicted molar refractivity (Wildman–Crippen MR) is 86.2 cm³/mol. The highest BCUT2D eigenvalue weighted by Gasteiger charge is 2.12. The van der Waals surface area contributed by atoms with Crippen LogP contribution in [-0.4, -0.2) is 32.5 Å². The first-order valence-electron chi connectivity index (χ1n) is 7.43. The molecule has 1 atom stereocenters. The Labute approximate surface area is 128 Å². The molecule has 0 bridgehead atoms. The molecule has 4 heteroatoms. The summed E-state index contributed by atoms with van der Waals surface area (Å²) in [4.78, 5) is 0. The van der Waals surface area contributed by atoms with Crippen LogP contribution in [0.3, 0.4) is 0 Å². The third kappa shape index (κ3) is 6.82. The second-order valence-electron chi connectivity index (χ2n) is 6.30. The van der Waals surface area contributed by atoms with Crippen LogP contribution in [0.2, 0.25) is 0 Å². The fourth-order valence-corrected chi connectivity index (χ4v) is 1.85. The van der Waals surface area contributed by atoms with Crippen molar-refractivity contribution < 1.29 is 14.2 Å². The van der Waals surface area contributed by atoms with Crippen LogP contribution in [0.15, 0.2) is 18.2 Å². The maximum atomic E-state index is 5.91. The summed E-state index contributed by atoms with van der Waals surface area (Å²) in [7, 11) is 3.37. The van der Waals surface area contributed by atoms with Gasteiger partial charge in [0.2, 0.25) is 0 Å². The zero-order valence-corrected chi connectivity index (χ0v) is 14.2. The number of hydrogen-bond donors (Lipinski definition) is 1. The second kappa shape index (κ2) is 8.25. The average molecular weight is 295 g/mol. The predicted octanol–water partition coefficient (Wildman–Crippen LogP) is 3.39. The van der Waals surface area contributed by atoms with Crippen LogP contribution < -0.4 is 14.8 Å². The van der Waals surface area contributed by atoms with Gasteiger partial charge in [-0.1, -0.05) is 6.07 Å². The minimum Gasteiger partial charge on any atom is -0.493 e. The number of benzene rings is 1. The Morgan fingerprint density at radius 1 is 1.14 bits per heavy atom. The van der Waals surface area contributed by atoms with Crippen molar-refractivity contribution >= 4 is 0 Å². The number of ether oxygens (including phenoxy) is 3. The maximum Gasteiger partial charge on any atom is 0.161 e. The largest absolute Gasteiger partial charge is 0.493 e. The summed E-state index contributed by atoms with van der Waals surface area (Å²) in [6.45, 7) is 9.99. The molecule has 0 aliphatic rings. The molecule has 0 saturated heterocycles. The van der Waals surface area contributed by atoms with Gasteiger partial charge < -0.3 is 19.5 Å². The fraction of sp³-hybridized carbons (Fsp3) is 0.647. The van der Waals surface area contributed by atoms with Crippen LogP contribution in [0.25, 0.3) is 0 Å². The van der Waals surface area contributed by atoms with Crippen LogP contribution in [-0.2, 0) is 11.3 Å². The molecule has 1 unspecified atom stereocenters. The minimum absolute atomic E-state index is 0.0943. The molecule has 0 aliphatic carbocycles. The molecule has 0 heterocycles. The van der Waals surface area contributed by atoms with Gasteiger partial charge in [0.15, 0.2) is 11.5 Å². The van der Waals surface area contributed by atoms with Gasteiger partial charge in [0, 0.05) is 32.2 Å². The summed E-state index contributed by atoms with van der Waals surface area (Å²) in [5, 5.41) is 3.46. The third-order valence-corrected chi connectivity index (χ3v) is 3.11. The van der Waals surface area contributed by atoms with Crippen molar-refractivity contribution in [2.45, 2.75) is 52.3 Å². The summed E-state index contributed by atoms with van der Waals surface area (Å²) in [5.41, 5.74) is 1.27. The molecule has 1 rings (SSSR count). The molecule has 120 valence electrons. The molecule has 1 N–H and O–H groups in total. The normalized spacial score (nSPS) is 13.0. The third-order valence-electron chi connectivity index (χ3n) is 3.11. The van der Waals surface area contributed by atoms with E-state index in [2.05, 4.69) is 32.2 Å². The molecule has 0 aliphatic heterocycles. The van der Waals surface area contributed by atoms with Crippen LogP contribution >= 0.6 is 0 Å². The van der Waals surface area contributed by atoms with E-state index in [1.807, 2.05) is 19.1 Å². The number of nitrogens with one attached hydrogen (secondary N) is 1. The van der Waals surface area contributed by atoms with Gasteiger partial charge in [-0.25, -0.2) is 0 Å². The smallest absolute Gasteiger partial charge is 0.161 e. The van der Waals surface area contributed by atoms with E-state index >= 15 is 0 Å². The molecule has 0 radical (unpaired) electrons. The van der Waals surface area contributed by atoms with Gasteiger partial charge in [0.1, 0.15) is 0 Å². The fourth-order valence-electron chi connectivity index (χ4n) is 1.85. The summed E-state index contributed by atoms with van der Waals surface area (Å²) in [6, 6.07) is 6.07. The second-order valence-corrected chi connectivity index (χ2v) is 6.30. The lowest BCUT2D eigenvalue weighted by Gasteiger charge is -2.21. The Kier molecular flexibility index (Phi) is 6.99. The molecule has 21 heavy (non-hydrogen) atoms. The molecular weight excluding hydrogens is 266 g/mol. The maximum absolute atomic E-state index is 5.91. The molecule has 0 spiro atoms. The van der Waals surface area contributed by atoms with Gasteiger partial charge in [0.05, 0.1) is 13.2 Å². The first kappa shape index (κ1) is 17.8. The van der Waals surface area contributed by atoms with E-state index < -0.39 is 0 Å². The molecule has 1 aromatic carbocycles. The van der Waals surface area contributed by atoms with Gasteiger partial charge >= 0.3 is 0 Å². The monoisotopic (exact) mass is 295 g/mol. The zero-order chi connectivity index (χ0) is 15.9. The molecule has 0 saturated carbocycles. The Morgan fingerprint density at radius 3 is 2.43 bits per heavy atom. The van der Waals surface area contributed by atoms with Crippen molar-refractivity contribution in [3.63, 3.8) is 0 Å². The summed E-state index contributed by atoms with van der Waals surface area (Å²) >= 11 is 0. The van der Waals surface area contributed by atoms with Crippen LogP contribution in [0.1, 0.15) is 39.7 Å². The van der Waals surface area contributed by atoms with Crippen molar-refractivity contribution in [1.82, 2.24) is 5.32 Å².